The molecule has 0 aromatic heterocycles. The summed E-state index contributed by atoms with van der Waals surface area (Å²) in [6.45, 7) is 18.5. The fourth-order valence-corrected chi connectivity index (χ4v) is 9.81. The van der Waals surface area contributed by atoms with Crippen LogP contribution in [0.4, 0.5) is 5.69 Å². The zero-order chi connectivity index (χ0) is 50.8. The molecule has 0 unspecified atom stereocenters. The van der Waals surface area contributed by atoms with Crippen LogP contribution in [-0.2, 0) is 30.3 Å². The number of Topliss-reactive ketones (excluding diaryl/α,β-unsaturated/α-hetero) is 1. The number of hydrogen-bond donors (Lipinski definition) is 6. The van der Waals surface area contributed by atoms with Crippen molar-refractivity contribution in [1.82, 2.24) is 9.91 Å². The first kappa shape index (κ1) is 52.2. The van der Waals surface area contributed by atoms with Crippen LogP contribution in [0.3, 0.4) is 0 Å². The summed E-state index contributed by atoms with van der Waals surface area (Å²) in [5.74, 6) is -7.77. The predicted molar refractivity (Wildman–Crippen MR) is 260 cm³/mol. The molecule has 6 N–H and O–H groups in total. The van der Waals surface area contributed by atoms with E-state index in [0.717, 1.165) is 11.3 Å². The summed E-state index contributed by atoms with van der Waals surface area (Å²) in [6.07, 6.45) is 4.84. The number of anilines is 1. The minimum atomic E-state index is -2.07. The van der Waals surface area contributed by atoms with Crippen LogP contribution < -0.4 is 14.8 Å². The minimum Gasteiger partial charge on any atom is -0.507 e. The first-order valence-corrected chi connectivity index (χ1v) is 23.3. The fraction of sp³-hybridized carbons (Fsp3) is 0.500. The van der Waals surface area contributed by atoms with E-state index in [1.165, 1.54) is 59.4 Å². The third-order valence-corrected chi connectivity index (χ3v) is 13.8. The van der Waals surface area contributed by atoms with Gasteiger partial charge >= 0.3 is 11.8 Å². The van der Waals surface area contributed by atoms with Crippen molar-refractivity contribution < 1.29 is 63.6 Å². The van der Waals surface area contributed by atoms with Gasteiger partial charge in [0.25, 0.3) is 11.7 Å². The van der Waals surface area contributed by atoms with Crippen LogP contribution in [0.5, 0.6) is 28.7 Å². The van der Waals surface area contributed by atoms with E-state index in [-0.39, 0.29) is 56.6 Å². The Hall–Kier alpha value is -6.14. The molecule has 11 atom stereocenters. The SMILES string of the molecule is COc1cccc(CN2C[C@H](C)N(N=Cc3c4c(O)c5c(O)c(C)c6c(c5c3O)C(=O)[C@@](C)(OC=C[C@H](OC)[C@H](C)[C@H](OC(C)=O)[C@H](C)[C@H](O)[C@H](C)[C@H](O)[C@H](C)C=CC=C(C)C(=O)N4)O6)[C@@H](C)C2)c1. The largest absolute Gasteiger partial charge is 0.507 e. The summed E-state index contributed by atoms with van der Waals surface area (Å²) >= 11 is 0. The molecular formula is C52H68N4O13. The highest BCUT2D eigenvalue weighted by Crippen LogP contribution is 2.55. The molecule has 4 aliphatic rings. The van der Waals surface area contributed by atoms with Gasteiger partial charge in [0.2, 0.25) is 0 Å². The second kappa shape index (κ2) is 21.2. The number of hydrogen-bond acceptors (Lipinski definition) is 16. The number of allylic oxidation sites excluding steroid dienone is 2. The highest BCUT2D eigenvalue weighted by Gasteiger charge is 2.50. The lowest BCUT2D eigenvalue weighted by Crippen LogP contribution is -2.54. The van der Waals surface area contributed by atoms with E-state index in [9.17, 15) is 39.9 Å². The fourth-order valence-electron chi connectivity index (χ4n) is 9.81. The molecule has 3 aromatic rings. The molecule has 3 aromatic carbocycles. The van der Waals surface area contributed by atoms with Crippen molar-refractivity contribution in [2.24, 2.45) is 28.8 Å². The zero-order valence-electron chi connectivity index (χ0n) is 41.5. The summed E-state index contributed by atoms with van der Waals surface area (Å²) in [5.41, 5.74) is 0.652. The number of nitrogens with zero attached hydrogens (tertiary/aromatic N) is 3. The lowest BCUT2D eigenvalue weighted by molar-refractivity contribution is -0.160. The van der Waals surface area contributed by atoms with E-state index in [1.807, 2.05) is 43.1 Å². The molecule has 374 valence electrons. The molecule has 69 heavy (non-hydrogen) atoms. The molecule has 7 rings (SSSR count). The molecule has 1 saturated heterocycles. The standard InChI is InChI=1S/C52H68N4O13/c1-26-15-13-16-27(2)51(64)54-42-37(22-53-56-28(3)23-55(24-29(56)4)25-35-17-14-18-36(21-35)65-11)46(61)39-40(47(42)62)45(60)33(8)49-41(39)50(63)52(10,69-49)67-20-19-38(66-12)30(5)48(68-34(9)57)32(7)44(59)31(6)43(26)58/h13-22,26,28-32,38,43-44,48,58-62H,23-25H2,1-12H3,(H,54,64)/t26-,28+,29+,30+,31-,32-,38+,43-,44-,48+,52+/m1/s1. The molecule has 4 heterocycles. The summed E-state index contributed by atoms with van der Waals surface area (Å²) in [4.78, 5) is 43.4. The molecular weight excluding hydrogens is 889 g/mol. The van der Waals surface area contributed by atoms with Crippen LogP contribution in [0, 0.1) is 30.6 Å². The summed E-state index contributed by atoms with van der Waals surface area (Å²) in [5, 5.41) is 68.2. The van der Waals surface area contributed by atoms with Crippen LogP contribution in [0.2, 0.25) is 0 Å². The van der Waals surface area contributed by atoms with Crippen LogP contribution in [0.15, 0.2) is 65.5 Å². The van der Waals surface area contributed by atoms with Crippen LogP contribution in [0.25, 0.3) is 10.8 Å². The number of aromatic hydroxyl groups is 3. The van der Waals surface area contributed by atoms with Gasteiger partial charge in [-0.1, -0.05) is 58.1 Å². The summed E-state index contributed by atoms with van der Waals surface area (Å²) in [6, 6.07) is 7.59. The smallest absolute Gasteiger partial charge is 0.312 e. The van der Waals surface area contributed by atoms with Gasteiger partial charge in [0.05, 0.1) is 72.2 Å². The average Bonchev–Trinajstić information content (AvgIpc) is 3.57. The monoisotopic (exact) mass is 956 g/mol. The Labute approximate surface area is 403 Å². The highest BCUT2D eigenvalue weighted by atomic mass is 16.7. The number of benzene rings is 3. The maximum absolute atomic E-state index is 14.7. The molecule has 0 spiro atoms. The van der Waals surface area contributed by atoms with Crippen LogP contribution in [-0.4, -0.2) is 129 Å². The zero-order valence-corrected chi connectivity index (χ0v) is 41.5. The molecule has 1 amide bonds. The Morgan fingerprint density at radius 3 is 2.25 bits per heavy atom. The number of amides is 1. The first-order chi connectivity index (χ1) is 32.5. The van der Waals surface area contributed by atoms with Gasteiger partial charge in [-0.2, -0.15) is 5.10 Å². The third kappa shape index (κ3) is 10.6. The van der Waals surface area contributed by atoms with Crippen molar-refractivity contribution in [3.05, 3.63) is 82.7 Å². The second-order valence-corrected chi connectivity index (χ2v) is 19.0. The molecule has 1 fully saturated rings. The third-order valence-electron chi connectivity index (χ3n) is 13.8. The summed E-state index contributed by atoms with van der Waals surface area (Å²) in [7, 11) is 3.07. The van der Waals surface area contributed by atoms with Crippen molar-refractivity contribution >= 4 is 40.3 Å². The number of phenolic OH excluding ortho intramolecular Hbond substituents is 3. The number of carbonyl (C=O) groups is 3. The normalized spacial score (nSPS) is 29.5. The number of carbonyl (C=O) groups excluding carboxylic acids is 3. The van der Waals surface area contributed by atoms with Crippen molar-refractivity contribution in [2.75, 3.05) is 32.6 Å². The average molecular weight is 957 g/mol. The number of nitrogens with one attached hydrogen (secondary N) is 1. The number of aliphatic hydroxyl groups excluding tert-OH is 2. The van der Waals surface area contributed by atoms with Gasteiger partial charge in [0.1, 0.15) is 29.1 Å². The number of fused-ring (bicyclic) bond motifs is 14. The van der Waals surface area contributed by atoms with Crippen molar-refractivity contribution in [3.8, 4) is 28.7 Å². The minimum absolute atomic E-state index is 0.0439. The molecule has 4 aliphatic heterocycles. The van der Waals surface area contributed by atoms with E-state index < -0.39 is 88.8 Å². The number of piperazine rings is 1. The van der Waals surface area contributed by atoms with Gasteiger partial charge in [0, 0.05) is 80.8 Å². The lowest BCUT2D eigenvalue weighted by atomic mass is 9.78. The molecule has 5 bridgehead atoms. The van der Waals surface area contributed by atoms with Crippen LogP contribution in [0.1, 0.15) is 89.4 Å². The highest BCUT2D eigenvalue weighted by molar-refractivity contribution is 6.23. The maximum atomic E-state index is 14.7. The van der Waals surface area contributed by atoms with Crippen molar-refractivity contribution in [1.29, 1.82) is 0 Å². The maximum Gasteiger partial charge on any atom is 0.312 e. The Kier molecular flexibility index (Phi) is 16.1. The number of phenols is 3. The Balaban J connectivity index is 1.47. The Morgan fingerprint density at radius 1 is 0.928 bits per heavy atom. The second-order valence-electron chi connectivity index (χ2n) is 19.0. The lowest BCUT2D eigenvalue weighted by Gasteiger charge is -2.42. The molecule has 0 saturated carbocycles. The number of hydrazone groups is 1. The van der Waals surface area contributed by atoms with Gasteiger partial charge in [-0.05, 0) is 51.5 Å². The van der Waals surface area contributed by atoms with Crippen LogP contribution >= 0.6 is 0 Å². The van der Waals surface area contributed by atoms with Gasteiger partial charge in [-0.25, -0.2) is 0 Å². The van der Waals surface area contributed by atoms with E-state index in [0.29, 0.717) is 19.6 Å². The first-order valence-electron chi connectivity index (χ1n) is 23.3. The van der Waals surface area contributed by atoms with Gasteiger partial charge in [-0.15, -0.1) is 0 Å². The van der Waals surface area contributed by atoms with Gasteiger partial charge in [0.15, 0.2) is 5.75 Å². The van der Waals surface area contributed by atoms with Crippen molar-refractivity contribution in [3.63, 3.8) is 0 Å². The number of methoxy groups -OCH3 is 2. The van der Waals surface area contributed by atoms with E-state index >= 15 is 0 Å². The van der Waals surface area contributed by atoms with Gasteiger partial charge < -0.3 is 54.5 Å². The molecule has 0 radical (unpaired) electrons. The number of rotatable bonds is 7. The molecule has 17 heteroatoms. The number of aliphatic hydroxyl groups is 2. The molecule has 17 nitrogen and oxygen atoms in total. The summed E-state index contributed by atoms with van der Waals surface area (Å²) < 4.78 is 29.2. The predicted octanol–water partition coefficient (Wildman–Crippen LogP) is 6.69. The Bertz CT molecular complexity index is 2540. The van der Waals surface area contributed by atoms with Gasteiger partial charge in [-0.3, -0.25) is 24.3 Å². The topological polar surface area (TPSA) is 229 Å². The quantitative estimate of drug-likeness (QED) is 0.0627. The number of esters is 1. The van der Waals surface area contributed by atoms with E-state index in [2.05, 4.69) is 10.2 Å². The number of ether oxygens (including phenoxy) is 5. The Morgan fingerprint density at radius 2 is 1.61 bits per heavy atom. The van der Waals surface area contributed by atoms with E-state index in [1.54, 1.807) is 47.0 Å². The number of ketones is 1. The van der Waals surface area contributed by atoms with Crippen molar-refractivity contribution in [2.45, 2.75) is 118 Å². The molecule has 0 aliphatic carbocycles. The van der Waals surface area contributed by atoms with E-state index in [4.69, 9.17) is 28.8 Å².